The Kier molecular flexibility index (Phi) is 3.81. The summed E-state index contributed by atoms with van der Waals surface area (Å²) in [6, 6.07) is 7.99. The van der Waals surface area contributed by atoms with E-state index in [0.717, 1.165) is 17.5 Å². The van der Waals surface area contributed by atoms with E-state index in [-0.39, 0.29) is 5.56 Å². The molecule has 20 heavy (non-hydrogen) atoms. The first-order chi connectivity index (χ1) is 9.29. The SMILES string of the molecule is Cc1cc(C(N)c2ccccc2C(F)(F)F)cc(C)n1. The summed E-state index contributed by atoms with van der Waals surface area (Å²) in [6.45, 7) is 3.58. The van der Waals surface area contributed by atoms with Crippen molar-refractivity contribution >= 4 is 0 Å². The molecule has 1 unspecified atom stereocenters. The van der Waals surface area contributed by atoms with Crippen molar-refractivity contribution in [3.63, 3.8) is 0 Å². The van der Waals surface area contributed by atoms with Gasteiger partial charge in [-0.05, 0) is 43.2 Å². The van der Waals surface area contributed by atoms with Crippen LogP contribution in [-0.2, 0) is 6.18 Å². The topological polar surface area (TPSA) is 38.9 Å². The molecule has 2 N–H and O–H groups in total. The zero-order valence-corrected chi connectivity index (χ0v) is 11.2. The fourth-order valence-electron chi connectivity index (χ4n) is 2.25. The fourth-order valence-corrected chi connectivity index (χ4v) is 2.25. The number of hydrogen-bond acceptors (Lipinski definition) is 2. The van der Waals surface area contributed by atoms with Crippen molar-refractivity contribution in [2.75, 3.05) is 0 Å². The summed E-state index contributed by atoms with van der Waals surface area (Å²) in [5.74, 6) is 0. The first-order valence-electron chi connectivity index (χ1n) is 6.16. The predicted octanol–water partition coefficient (Wildman–Crippen LogP) is 3.77. The molecule has 0 aliphatic heterocycles. The van der Waals surface area contributed by atoms with Gasteiger partial charge in [-0.1, -0.05) is 18.2 Å². The lowest BCUT2D eigenvalue weighted by atomic mass is 9.94. The van der Waals surface area contributed by atoms with Crippen LogP contribution in [0.2, 0.25) is 0 Å². The molecule has 0 aliphatic carbocycles. The maximum Gasteiger partial charge on any atom is 0.416 e. The second kappa shape index (κ2) is 5.25. The van der Waals surface area contributed by atoms with Crippen molar-refractivity contribution in [1.29, 1.82) is 0 Å². The number of alkyl halides is 3. The van der Waals surface area contributed by atoms with Crippen LogP contribution >= 0.6 is 0 Å². The van der Waals surface area contributed by atoms with Crippen molar-refractivity contribution in [2.45, 2.75) is 26.1 Å². The second-order valence-corrected chi connectivity index (χ2v) is 4.75. The second-order valence-electron chi connectivity index (χ2n) is 4.75. The highest BCUT2D eigenvalue weighted by atomic mass is 19.4. The molecule has 2 nitrogen and oxygen atoms in total. The maximum absolute atomic E-state index is 13.0. The zero-order chi connectivity index (χ0) is 14.9. The average Bonchev–Trinajstić information content (AvgIpc) is 2.35. The molecular formula is C15H15F3N2. The van der Waals surface area contributed by atoms with Gasteiger partial charge in [-0.15, -0.1) is 0 Å². The molecule has 0 saturated heterocycles. The minimum atomic E-state index is -4.41. The van der Waals surface area contributed by atoms with Crippen LogP contribution in [0.25, 0.3) is 0 Å². The van der Waals surface area contributed by atoms with E-state index in [0.29, 0.717) is 5.56 Å². The molecule has 1 aromatic carbocycles. The third-order valence-corrected chi connectivity index (χ3v) is 3.06. The van der Waals surface area contributed by atoms with Crippen molar-refractivity contribution in [1.82, 2.24) is 4.98 Å². The number of benzene rings is 1. The van der Waals surface area contributed by atoms with Gasteiger partial charge in [0.25, 0.3) is 0 Å². The quantitative estimate of drug-likeness (QED) is 0.909. The van der Waals surface area contributed by atoms with Crippen LogP contribution in [0.15, 0.2) is 36.4 Å². The highest BCUT2D eigenvalue weighted by molar-refractivity contribution is 5.39. The first-order valence-corrected chi connectivity index (χ1v) is 6.16. The van der Waals surface area contributed by atoms with E-state index in [1.54, 1.807) is 32.0 Å². The van der Waals surface area contributed by atoms with Crippen LogP contribution in [0.3, 0.4) is 0 Å². The molecule has 1 atom stereocenters. The van der Waals surface area contributed by atoms with Gasteiger partial charge in [0.05, 0.1) is 11.6 Å². The van der Waals surface area contributed by atoms with Gasteiger partial charge in [-0.2, -0.15) is 13.2 Å². The molecule has 2 aromatic rings. The summed E-state index contributed by atoms with van der Waals surface area (Å²) < 4.78 is 39.0. The van der Waals surface area contributed by atoms with E-state index < -0.39 is 17.8 Å². The van der Waals surface area contributed by atoms with Crippen molar-refractivity contribution in [3.8, 4) is 0 Å². The Bertz CT molecular complexity index is 601. The summed E-state index contributed by atoms with van der Waals surface area (Å²) >= 11 is 0. The van der Waals surface area contributed by atoms with Gasteiger partial charge < -0.3 is 5.73 Å². The number of hydrogen-bond donors (Lipinski definition) is 1. The number of halogens is 3. The Morgan fingerprint density at radius 1 is 1.05 bits per heavy atom. The number of nitrogens with two attached hydrogens (primary N) is 1. The minimum Gasteiger partial charge on any atom is -0.320 e. The average molecular weight is 280 g/mol. The van der Waals surface area contributed by atoms with Gasteiger partial charge in [0.2, 0.25) is 0 Å². The van der Waals surface area contributed by atoms with Gasteiger partial charge in [-0.3, -0.25) is 4.98 Å². The number of pyridine rings is 1. The van der Waals surface area contributed by atoms with Gasteiger partial charge in [0.1, 0.15) is 0 Å². The molecule has 0 spiro atoms. The maximum atomic E-state index is 13.0. The molecule has 0 amide bonds. The Hall–Kier alpha value is -1.88. The molecule has 2 rings (SSSR count). The largest absolute Gasteiger partial charge is 0.416 e. The summed E-state index contributed by atoms with van der Waals surface area (Å²) in [6.07, 6.45) is -4.41. The summed E-state index contributed by atoms with van der Waals surface area (Å²) in [4.78, 5) is 4.20. The molecule has 1 heterocycles. The zero-order valence-electron chi connectivity index (χ0n) is 11.2. The van der Waals surface area contributed by atoms with E-state index >= 15 is 0 Å². The molecule has 0 fully saturated rings. The molecule has 0 radical (unpaired) electrons. The highest BCUT2D eigenvalue weighted by Crippen LogP contribution is 2.35. The molecule has 106 valence electrons. The number of aromatic nitrogens is 1. The Morgan fingerprint density at radius 2 is 1.60 bits per heavy atom. The number of aryl methyl sites for hydroxylation is 2. The van der Waals surface area contributed by atoms with Crippen molar-refractivity contribution < 1.29 is 13.2 Å². The van der Waals surface area contributed by atoms with Crippen LogP contribution in [0.1, 0.15) is 34.1 Å². The Balaban J connectivity index is 2.51. The summed E-state index contributed by atoms with van der Waals surface area (Å²) in [5.41, 5.74) is 7.51. The smallest absolute Gasteiger partial charge is 0.320 e. The molecule has 0 aliphatic rings. The van der Waals surface area contributed by atoms with Crippen LogP contribution in [-0.4, -0.2) is 4.98 Å². The summed E-state index contributed by atoms with van der Waals surface area (Å²) in [5, 5.41) is 0. The molecule has 1 aromatic heterocycles. The fraction of sp³-hybridized carbons (Fsp3) is 0.267. The molecule has 0 saturated carbocycles. The Labute approximate surface area is 115 Å². The van der Waals surface area contributed by atoms with E-state index in [2.05, 4.69) is 4.98 Å². The lowest BCUT2D eigenvalue weighted by molar-refractivity contribution is -0.138. The first kappa shape index (κ1) is 14.5. The number of rotatable bonds is 2. The standard InChI is InChI=1S/C15H15F3N2/c1-9-7-11(8-10(2)20-9)14(19)12-5-3-4-6-13(12)15(16,17)18/h3-8,14H,19H2,1-2H3. The third-order valence-electron chi connectivity index (χ3n) is 3.06. The van der Waals surface area contributed by atoms with Crippen LogP contribution in [0.5, 0.6) is 0 Å². The third kappa shape index (κ3) is 2.99. The Morgan fingerprint density at radius 3 is 2.15 bits per heavy atom. The minimum absolute atomic E-state index is 0.0741. The van der Waals surface area contributed by atoms with Crippen molar-refractivity contribution in [2.24, 2.45) is 5.73 Å². The molecule has 0 bridgehead atoms. The van der Waals surface area contributed by atoms with E-state index in [9.17, 15) is 13.2 Å². The molecular weight excluding hydrogens is 265 g/mol. The van der Waals surface area contributed by atoms with E-state index in [1.807, 2.05) is 0 Å². The van der Waals surface area contributed by atoms with E-state index in [4.69, 9.17) is 5.73 Å². The highest BCUT2D eigenvalue weighted by Gasteiger charge is 2.34. The van der Waals surface area contributed by atoms with Crippen LogP contribution in [0.4, 0.5) is 13.2 Å². The van der Waals surface area contributed by atoms with E-state index in [1.165, 1.54) is 12.1 Å². The monoisotopic (exact) mass is 280 g/mol. The van der Waals surface area contributed by atoms with Gasteiger partial charge >= 0.3 is 6.18 Å². The lowest BCUT2D eigenvalue weighted by Gasteiger charge is -2.19. The van der Waals surface area contributed by atoms with Crippen LogP contribution in [0, 0.1) is 13.8 Å². The summed E-state index contributed by atoms with van der Waals surface area (Å²) in [7, 11) is 0. The van der Waals surface area contributed by atoms with Gasteiger partial charge in [0.15, 0.2) is 0 Å². The predicted molar refractivity (Wildman–Crippen MR) is 71.2 cm³/mol. The number of nitrogens with zero attached hydrogens (tertiary/aromatic N) is 1. The van der Waals surface area contributed by atoms with Crippen molar-refractivity contribution in [3.05, 3.63) is 64.5 Å². The van der Waals surface area contributed by atoms with Gasteiger partial charge in [0, 0.05) is 11.4 Å². The van der Waals surface area contributed by atoms with Gasteiger partial charge in [-0.25, -0.2) is 0 Å². The lowest BCUT2D eigenvalue weighted by Crippen LogP contribution is -2.18. The van der Waals surface area contributed by atoms with Crippen LogP contribution < -0.4 is 5.73 Å². The molecule has 5 heteroatoms. The normalized spacial score (nSPS) is 13.3.